The third-order valence-electron chi connectivity index (χ3n) is 4.55. The molecule has 0 aromatic heterocycles. The van der Waals surface area contributed by atoms with Crippen LogP contribution in [0.4, 0.5) is 16.2 Å². The molecule has 6 nitrogen and oxygen atoms in total. The summed E-state index contributed by atoms with van der Waals surface area (Å²) in [5, 5.41) is 0.576. The van der Waals surface area contributed by atoms with Gasteiger partial charge < -0.3 is 19.1 Å². The van der Waals surface area contributed by atoms with Gasteiger partial charge in [-0.25, -0.2) is 4.79 Å². The van der Waals surface area contributed by atoms with Crippen LogP contribution in [-0.2, 0) is 4.74 Å². The van der Waals surface area contributed by atoms with Crippen LogP contribution in [0.25, 0.3) is 0 Å². The highest BCUT2D eigenvalue weighted by Crippen LogP contribution is 2.44. The maximum absolute atomic E-state index is 12.6. The van der Waals surface area contributed by atoms with Crippen LogP contribution >= 0.6 is 11.6 Å². The molecule has 0 bridgehead atoms. The molecule has 2 aromatic carbocycles. The van der Waals surface area contributed by atoms with Gasteiger partial charge in [0.1, 0.15) is 17.7 Å². The van der Waals surface area contributed by atoms with Crippen molar-refractivity contribution in [3.8, 4) is 11.5 Å². The molecule has 0 spiro atoms. The zero-order valence-electron chi connectivity index (χ0n) is 16.5. The van der Waals surface area contributed by atoms with E-state index in [4.69, 9.17) is 25.8 Å². The fourth-order valence-electron chi connectivity index (χ4n) is 3.40. The highest BCUT2D eigenvalue weighted by molar-refractivity contribution is 6.31. The number of para-hydroxylation sites is 2. The van der Waals surface area contributed by atoms with Crippen LogP contribution in [0.2, 0.25) is 5.02 Å². The van der Waals surface area contributed by atoms with Gasteiger partial charge in [0, 0.05) is 12.1 Å². The number of fused-ring (bicyclic) bond motifs is 2. The molecule has 1 amide bonds. The van der Waals surface area contributed by atoms with E-state index < -0.39 is 6.09 Å². The van der Waals surface area contributed by atoms with Gasteiger partial charge in [-0.2, -0.15) is 0 Å². The Morgan fingerprint density at radius 3 is 2.54 bits per heavy atom. The lowest BCUT2D eigenvalue weighted by atomic mass is 10.1. The molecule has 0 fully saturated rings. The van der Waals surface area contributed by atoms with Gasteiger partial charge in [0.15, 0.2) is 0 Å². The highest BCUT2D eigenvalue weighted by atomic mass is 35.5. The van der Waals surface area contributed by atoms with Gasteiger partial charge in [-0.3, -0.25) is 4.90 Å². The van der Waals surface area contributed by atoms with Gasteiger partial charge >= 0.3 is 6.09 Å². The molecule has 1 unspecified atom stereocenters. The smallest absolute Gasteiger partial charge is 0.411 e. The predicted octanol–water partition coefficient (Wildman–Crippen LogP) is 5.28. The van der Waals surface area contributed by atoms with Gasteiger partial charge in [-0.05, 0) is 43.2 Å². The van der Waals surface area contributed by atoms with Crippen LogP contribution in [0.15, 0.2) is 42.5 Å². The second kappa shape index (κ2) is 8.61. The van der Waals surface area contributed by atoms with Crippen molar-refractivity contribution >= 4 is 29.1 Å². The summed E-state index contributed by atoms with van der Waals surface area (Å²) in [4.78, 5) is 16.2. The second-order valence-corrected chi connectivity index (χ2v) is 7.26. The van der Waals surface area contributed by atoms with Crippen LogP contribution in [0.5, 0.6) is 11.5 Å². The number of amides is 1. The van der Waals surface area contributed by atoms with Crippen LogP contribution in [0.3, 0.4) is 0 Å². The first-order valence-corrected chi connectivity index (χ1v) is 9.64. The SMILES string of the molecule is CCOC(=O)N(C)C(C(C)C)N1c2ccccc2OCOc2ccc(Cl)cc21. The molecule has 1 atom stereocenters. The molecule has 1 heterocycles. The Morgan fingerprint density at radius 1 is 1.18 bits per heavy atom. The molecule has 1 aliphatic rings. The normalized spacial score (nSPS) is 14.0. The summed E-state index contributed by atoms with van der Waals surface area (Å²) in [7, 11) is 1.73. The van der Waals surface area contributed by atoms with E-state index in [-0.39, 0.29) is 18.9 Å². The summed E-state index contributed by atoms with van der Waals surface area (Å²) in [6.45, 7) is 6.28. The molecule has 0 N–H and O–H groups in total. The van der Waals surface area contributed by atoms with Crippen molar-refractivity contribution in [2.75, 3.05) is 25.3 Å². The Bertz CT molecular complexity index is 843. The first kappa shape index (κ1) is 20.1. The fraction of sp³-hybridized carbons (Fsp3) is 0.381. The van der Waals surface area contributed by atoms with Crippen LogP contribution in [0.1, 0.15) is 20.8 Å². The van der Waals surface area contributed by atoms with E-state index in [1.54, 1.807) is 24.9 Å². The lowest BCUT2D eigenvalue weighted by Gasteiger charge is -2.42. The number of carbonyl (C=O) groups is 1. The predicted molar refractivity (Wildman–Crippen MR) is 110 cm³/mol. The molecule has 0 saturated carbocycles. The molecular weight excluding hydrogens is 380 g/mol. The minimum atomic E-state index is -0.397. The van der Waals surface area contributed by atoms with E-state index in [2.05, 4.69) is 0 Å². The minimum Gasteiger partial charge on any atom is -0.455 e. The molecule has 28 heavy (non-hydrogen) atoms. The minimum absolute atomic E-state index is 0.0636. The van der Waals surface area contributed by atoms with Gasteiger partial charge in [-0.1, -0.05) is 37.6 Å². The second-order valence-electron chi connectivity index (χ2n) is 6.82. The van der Waals surface area contributed by atoms with Crippen molar-refractivity contribution in [1.29, 1.82) is 0 Å². The maximum atomic E-state index is 12.6. The van der Waals surface area contributed by atoms with Crippen molar-refractivity contribution in [2.24, 2.45) is 5.92 Å². The summed E-state index contributed by atoms with van der Waals surface area (Å²) in [5.41, 5.74) is 1.59. The summed E-state index contributed by atoms with van der Waals surface area (Å²) in [6, 6.07) is 13.1. The van der Waals surface area contributed by atoms with Crippen molar-refractivity contribution in [3.63, 3.8) is 0 Å². The number of anilines is 2. The molecule has 0 radical (unpaired) electrons. The molecule has 2 aromatic rings. The number of halogens is 1. The first-order valence-electron chi connectivity index (χ1n) is 9.27. The number of hydrogen-bond acceptors (Lipinski definition) is 5. The topological polar surface area (TPSA) is 51.2 Å². The van der Waals surface area contributed by atoms with Crippen LogP contribution in [0, 0.1) is 5.92 Å². The molecule has 1 aliphatic heterocycles. The maximum Gasteiger partial charge on any atom is 0.411 e. The fourth-order valence-corrected chi connectivity index (χ4v) is 3.57. The number of ether oxygens (including phenoxy) is 3. The Balaban J connectivity index is 2.20. The van der Waals surface area contributed by atoms with E-state index in [0.717, 1.165) is 11.4 Å². The zero-order chi connectivity index (χ0) is 20.3. The van der Waals surface area contributed by atoms with Gasteiger partial charge in [-0.15, -0.1) is 0 Å². The Hall–Kier alpha value is -2.60. The Kier molecular flexibility index (Phi) is 6.19. The Morgan fingerprint density at radius 2 is 1.86 bits per heavy atom. The lowest BCUT2D eigenvalue weighted by Crippen LogP contribution is -2.51. The van der Waals surface area contributed by atoms with Crippen LogP contribution < -0.4 is 14.4 Å². The monoisotopic (exact) mass is 404 g/mol. The number of hydrogen-bond donors (Lipinski definition) is 0. The van der Waals surface area contributed by atoms with Gasteiger partial charge in [0.2, 0.25) is 6.79 Å². The molecule has 7 heteroatoms. The highest BCUT2D eigenvalue weighted by Gasteiger charge is 2.35. The van der Waals surface area contributed by atoms with Crippen LogP contribution in [-0.4, -0.2) is 37.6 Å². The number of nitrogens with zero attached hydrogens (tertiary/aromatic N) is 2. The Labute approximate surface area is 170 Å². The first-order chi connectivity index (χ1) is 13.4. The third-order valence-corrected chi connectivity index (χ3v) is 4.78. The molecular formula is C21H25ClN2O4. The largest absolute Gasteiger partial charge is 0.455 e. The van der Waals surface area contributed by atoms with E-state index >= 15 is 0 Å². The lowest BCUT2D eigenvalue weighted by molar-refractivity contribution is 0.0902. The van der Waals surface area contributed by atoms with Gasteiger partial charge in [0.05, 0.1) is 18.0 Å². The summed E-state index contributed by atoms with van der Waals surface area (Å²) in [5.74, 6) is 1.35. The molecule has 0 aliphatic carbocycles. The summed E-state index contributed by atoms with van der Waals surface area (Å²) >= 11 is 6.32. The van der Waals surface area contributed by atoms with Crippen molar-refractivity contribution in [1.82, 2.24) is 4.90 Å². The molecule has 0 saturated heterocycles. The standard InChI is InChI=1S/C21H25ClN2O4/c1-5-26-21(25)23(4)20(14(2)3)24-16-8-6-7-9-18(16)27-13-28-19-11-10-15(22)12-17(19)24/h6-12,14,20H,5,13H2,1-4H3. The average molecular weight is 405 g/mol. The van der Waals surface area contributed by atoms with E-state index in [1.807, 2.05) is 55.1 Å². The number of carbonyl (C=O) groups excluding carboxylic acids is 1. The summed E-state index contributed by atoms with van der Waals surface area (Å²) < 4.78 is 16.9. The van der Waals surface area contributed by atoms with Crippen molar-refractivity contribution < 1.29 is 19.0 Å². The average Bonchev–Trinajstić information content (AvgIpc) is 2.66. The van der Waals surface area contributed by atoms with Gasteiger partial charge in [0.25, 0.3) is 0 Å². The van der Waals surface area contributed by atoms with E-state index in [1.165, 1.54) is 0 Å². The van der Waals surface area contributed by atoms with E-state index in [0.29, 0.717) is 23.1 Å². The van der Waals surface area contributed by atoms with E-state index in [9.17, 15) is 4.79 Å². The quantitative estimate of drug-likeness (QED) is 0.694. The zero-order valence-corrected chi connectivity index (χ0v) is 17.3. The molecule has 150 valence electrons. The number of rotatable bonds is 4. The third kappa shape index (κ3) is 3.97. The van der Waals surface area contributed by atoms with Crippen molar-refractivity contribution in [3.05, 3.63) is 47.5 Å². The summed E-state index contributed by atoms with van der Waals surface area (Å²) in [6.07, 6.45) is -0.756. The van der Waals surface area contributed by atoms with Crippen molar-refractivity contribution in [2.45, 2.75) is 26.9 Å². The number of benzene rings is 2. The molecule has 3 rings (SSSR count).